The Morgan fingerprint density at radius 2 is 1.39 bits per heavy atom. The van der Waals surface area contributed by atoms with Gasteiger partial charge in [0.25, 0.3) is 0 Å². The topological polar surface area (TPSA) is 107 Å². The Hall–Kier alpha value is -3.16. The molecule has 0 bridgehead atoms. The molecule has 2 heterocycles. The van der Waals surface area contributed by atoms with Gasteiger partial charge < -0.3 is 16.4 Å². The van der Waals surface area contributed by atoms with E-state index in [0.29, 0.717) is 47.5 Å². The summed E-state index contributed by atoms with van der Waals surface area (Å²) in [7, 11) is 0. The van der Waals surface area contributed by atoms with Crippen LogP contribution in [0.4, 0.5) is 17.3 Å². The Labute approximate surface area is 190 Å². The van der Waals surface area contributed by atoms with Crippen LogP contribution in [0.2, 0.25) is 0 Å². The summed E-state index contributed by atoms with van der Waals surface area (Å²) < 4.78 is 0. The molecule has 0 spiro atoms. The van der Waals surface area contributed by atoms with E-state index in [2.05, 4.69) is 24.8 Å². The predicted octanol–water partition coefficient (Wildman–Crippen LogP) is 4.20. The molecule has 31 heavy (non-hydrogen) atoms. The molecule has 0 aliphatic carbocycles. The van der Waals surface area contributed by atoms with Crippen LogP contribution in [0.5, 0.6) is 0 Å². The van der Waals surface area contributed by atoms with Crippen molar-refractivity contribution in [2.24, 2.45) is 0 Å². The number of nitrogens with two attached hydrogens (primary N) is 2. The minimum atomic E-state index is 0.254. The number of hydrogen-bond acceptors (Lipinski definition) is 7. The summed E-state index contributed by atoms with van der Waals surface area (Å²) in [5.74, 6) is 2.05. The van der Waals surface area contributed by atoms with E-state index in [9.17, 15) is 0 Å². The number of nitrogen functional groups attached to an aromatic ring is 2. The van der Waals surface area contributed by atoms with Gasteiger partial charge in [-0.2, -0.15) is 0 Å². The van der Waals surface area contributed by atoms with Gasteiger partial charge in [-0.25, -0.2) is 19.9 Å². The average Bonchev–Trinajstić information content (AvgIpc) is 2.79. The zero-order valence-corrected chi connectivity index (χ0v) is 18.2. The first kappa shape index (κ1) is 21.1. The summed E-state index contributed by atoms with van der Waals surface area (Å²) in [6, 6.07) is 17.4. The summed E-state index contributed by atoms with van der Waals surface area (Å²) in [6.45, 7) is 1.42. The molecule has 0 amide bonds. The van der Waals surface area contributed by atoms with Gasteiger partial charge in [-0.1, -0.05) is 42.5 Å². The molecule has 7 nitrogen and oxygen atoms in total. The fourth-order valence-electron chi connectivity index (χ4n) is 3.31. The maximum atomic E-state index is 6.23. The molecule has 2 aromatic heterocycles. The lowest BCUT2D eigenvalue weighted by atomic mass is 10.1. The molecule has 158 valence electrons. The molecule has 4 rings (SSSR count). The lowest BCUT2D eigenvalue weighted by Crippen LogP contribution is -2.27. The first-order chi connectivity index (χ1) is 15.1. The molecule has 0 atom stereocenters. The van der Waals surface area contributed by atoms with Gasteiger partial charge in [0.05, 0.1) is 0 Å². The molecule has 0 radical (unpaired) electrons. The fourth-order valence-corrected chi connectivity index (χ4v) is 3.72. The summed E-state index contributed by atoms with van der Waals surface area (Å²) in [6.07, 6.45) is 0. The van der Waals surface area contributed by atoms with Gasteiger partial charge in [-0.3, -0.25) is 0 Å². The van der Waals surface area contributed by atoms with E-state index < -0.39 is 0 Å². The third-order valence-electron chi connectivity index (χ3n) is 4.83. The van der Waals surface area contributed by atoms with Crippen molar-refractivity contribution in [1.29, 1.82) is 0 Å². The zero-order chi connectivity index (χ0) is 21.8. The minimum absolute atomic E-state index is 0.254. The van der Waals surface area contributed by atoms with E-state index in [1.807, 2.05) is 54.6 Å². The molecular formula is C22H21Cl2N7. The molecule has 0 aliphatic heterocycles. The van der Waals surface area contributed by atoms with Gasteiger partial charge in [-0.05, 0) is 12.1 Å². The van der Waals surface area contributed by atoms with E-state index in [-0.39, 0.29) is 11.6 Å². The van der Waals surface area contributed by atoms with E-state index >= 15 is 0 Å². The fraction of sp³-hybridized carbons (Fsp3) is 0.182. The summed E-state index contributed by atoms with van der Waals surface area (Å²) in [4.78, 5) is 20.1. The van der Waals surface area contributed by atoms with Crippen molar-refractivity contribution >= 4 is 51.7 Å². The molecule has 0 unspecified atom stereocenters. The second-order valence-electron chi connectivity index (χ2n) is 6.84. The van der Waals surface area contributed by atoms with Crippen molar-refractivity contribution in [2.45, 2.75) is 0 Å². The number of hydrogen-bond donors (Lipinski definition) is 2. The minimum Gasteiger partial charge on any atom is -0.382 e. The second-order valence-corrected chi connectivity index (χ2v) is 7.60. The van der Waals surface area contributed by atoms with E-state index in [1.165, 1.54) is 0 Å². The number of anilines is 3. The highest BCUT2D eigenvalue weighted by molar-refractivity contribution is 6.18. The van der Waals surface area contributed by atoms with E-state index in [0.717, 1.165) is 16.8 Å². The third kappa shape index (κ3) is 4.47. The second kappa shape index (κ2) is 9.32. The molecule has 9 heteroatoms. The van der Waals surface area contributed by atoms with Gasteiger partial charge in [0, 0.05) is 41.7 Å². The van der Waals surface area contributed by atoms with Crippen LogP contribution in [0.3, 0.4) is 0 Å². The van der Waals surface area contributed by atoms with Crippen LogP contribution >= 0.6 is 23.2 Å². The molecule has 0 aliphatic rings. The standard InChI is InChI=1S/C22H21Cl2N7/c23-10-12-31(13-11-24)16-8-6-14(7-9-16)17-19(25)29-22-18(27-17)20(26)28-21(30-22)15-4-2-1-3-5-15/h1-9H,10-13H2,(H4,25,26,28,29,30). The smallest absolute Gasteiger partial charge is 0.186 e. The number of alkyl halides is 2. The molecular weight excluding hydrogens is 433 g/mol. The van der Waals surface area contributed by atoms with Crippen molar-refractivity contribution in [3.63, 3.8) is 0 Å². The SMILES string of the molecule is Nc1nc2nc(-c3ccccc3)nc(N)c2nc1-c1ccc(N(CCCl)CCCl)cc1. The van der Waals surface area contributed by atoms with Crippen LogP contribution in [-0.2, 0) is 0 Å². The van der Waals surface area contributed by atoms with Gasteiger partial charge in [0.1, 0.15) is 5.69 Å². The number of rotatable bonds is 7. The van der Waals surface area contributed by atoms with Crippen molar-refractivity contribution in [3.8, 4) is 22.6 Å². The Morgan fingerprint density at radius 3 is 2.03 bits per heavy atom. The van der Waals surface area contributed by atoms with Crippen molar-refractivity contribution < 1.29 is 0 Å². The molecule has 2 aromatic carbocycles. The molecule has 4 aromatic rings. The molecule has 0 fully saturated rings. The predicted molar refractivity (Wildman–Crippen MR) is 128 cm³/mol. The van der Waals surface area contributed by atoms with Crippen LogP contribution in [0.15, 0.2) is 54.6 Å². The van der Waals surface area contributed by atoms with Crippen LogP contribution in [0.25, 0.3) is 33.8 Å². The number of benzene rings is 2. The Morgan fingerprint density at radius 1 is 0.710 bits per heavy atom. The quantitative estimate of drug-likeness (QED) is 0.403. The zero-order valence-electron chi connectivity index (χ0n) is 16.7. The summed E-state index contributed by atoms with van der Waals surface area (Å²) in [5, 5.41) is 0. The van der Waals surface area contributed by atoms with Crippen LogP contribution in [0, 0.1) is 0 Å². The van der Waals surface area contributed by atoms with Crippen LogP contribution < -0.4 is 16.4 Å². The van der Waals surface area contributed by atoms with Gasteiger partial charge in [0.2, 0.25) is 0 Å². The van der Waals surface area contributed by atoms with Gasteiger partial charge >= 0.3 is 0 Å². The maximum absolute atomic E-state index is 6.23. The van der Waals surface area contributed by atoms with Gasteiger partial charge in [-0.15, -0.1) is 23.2 Å². The normalized spacial score (nSPS) is 11.0. The first-order valence-electron chi connectivity index (χ1n) is 9.74. The number of halogens is 2. The number of aromatic nitrogens is 4. The van der Waals surface area contributed by atoms with Crippen molar-refractivity contribution in [2.75, 3.05) is 41.2 Å². The van der Waals surface area contributed by atoms with Crippen molar-refractivity contribution in [1.82, 2.24) is 19.9 Å². The highest BCUT2D eigenvalue weighted by Crippen LogP contribution is 2.29. The van der Waals surface area contributed by atoms with E-state index in [4.69, 9.17) is 34.7 Å². The molecule has 0 saturated carbocycles. The van der Waals surface area contributed by atoms with Crippen LogP contribution in [0.1, 0.15) is 0 Å². The number of fused-ring (bicyclic) bond motifs is 1. The lowest BCUT2D eigenvalue weighted by Gasteiger charge is -2.23. The van der Waals surface area contributed by atoms with Gasteiger partial charge in [0.15, 0.2) is 28.6 Å². The third-order valence-corrected chi connectivity index (χ3v) is 5.17. The Balaban J connectivity index is 1.71. The summed E-state index contributed by atoms with van der Waals surface area (Å²) >= 11 is 11.8. The Bertz CT molecular complexity index is 1180. The first-order valence-corrected chi connectivity index (χ1v) is 10.8. The molecule has 4 N–H and O–H groups in total. The number of nitrogens with zero attached hydrogens (tertiary/aromatic N) is 5. The average molecular weight is 454 g/mol. The highest BCUT2D eigenvalue weighted by atomic mass is 35.5. The van der Waals surface area contributed by atoms with Crippen molar-refractivity contribution in [3.05, 3.63) is 54.6 Å². The van der Waals surface area contributed by atoms with Crippen LogP contribution in [-0.4, -0.2) is 44.8 Å². The molecule has 0 saturated heterocycles. The highest BCUT2D eigenvalue weighted by Gasteiger charge is 2.15. The largest absolute Gasteiger partial charge is 0.382 e. The Kier molecular flexibility index (Phi) is 6.34. The lowest BCUT2D eigenvalue weighted by molar-refractivity contribution is 0.874. The summed E-state index contributed by atoms with van der Waals surface area (Å²) in [5.41, 5.74) is 16.4. The van der Waals surface area contributed by atoms with E-state index in [1.54, 1.807) is 0 Å². The maximum Gasteiger partial charge on any atom is 0.186 e. The monoisotopic (exact) mass is 453 g/mol.